The van der Waals surface area contributed by atoms with E-state index in [1.165, 1.54) is 10.8 Å². The Hall–Kier alpha value is -2.52. The molecule has 7 heteroatoms. The molecular formula is C14H12ClN3O3. The number of rotatable bonds is 5. The highest BCUT2D eigenvalue weighted by atomic mass is 35.5. The Labute approximate surface area is 125 Å². The summed E-state index contributed by atoms with van der Waals surface area (Å²) in [4.78, 5) is 24.7. The van der Waals surface area contributed by atoms with Gasteiger partial charge in [-0.3, -0.25) is 14.3 Å². The van der Waals surface area contributed by atoms with E-state index in [0.717, 1.165) is 5.56 Å². The monoisotopic (exact) mass is 305 g/mol. The van der Waals surface area contributed by atoms with Gasteiger partial charge in [-0.25, -0.2) is 4.79 Å². The molecule has 0 fully saturated rings. The van der Waals surface area contributed by atoms with Gasteiger partial charge in [0.15, 0.2) is 0 Å². The zero-order valence-electron chi connectivity index (χ0n) is 11.0. The van der Waals surface area contributed by atoms with Gasteiger partial charge in [0.05, 0.1) is 19.0 Å². The first-order chi connectivity index (χ1) is 10.1. The predicted octanol–water partition coefficient (Wildman–Crippen LogP) is 1.34. The molecule has 21 heavy (non-hydrogen) atoms. The van der Waals surface area contributed by atoms with Gasteiger partial charge in [0.2, 0.25) is 0 Å². The Bertz CT molecular complexity index is 772. The number of aromatic nitrogens is 2. The maximum atomic E-state index is 11.5. The van der Waals surface area contributed by atoms with Gasteiger partial charge in [-0.2, -0.15) is 5.26 Å². The van der Waals surface area contributed by atoms with Crippen molar-refractivity contribution >= 4 is 11.6 Å². The average Bonchev–Trinajstić information content (AvgIpc) is 2.46. The number of aromatic amines is 1. The van der Waals surface area contributed by atoms with E-state index < -0.39 is 11.2 Å². The Kier molecular flexibility index (Phi) is 4.80. The molecule has 1 aromatic heterocycles. The topological polar surface area (TPSA) is 87.9 Å². The van der Waals surface area contributed by atoms with Crippen LogP contribution in [0.1, 0.15) is 5.56 Å². The Morgan fingerprint density at radius 1 is 1.29 bits per heavy atom. The first-order valence-electron chi connectivity index (χ1n) is 6.18. The summed E-state index contributed by atoms with van der Waals surface area (Å²) in [6, 6.07) is 9.20. The molecular weight excluding hydrogens is 294 g/mol. The van der Waals surface area contributed by atoms with Crippen LogP contribution in [0.15, 0.2) is 40.1 Å². The summed E-state index contributed by atoms with van der Waals surface area (Å²) in [7, 11) is 0. The van der Waals surface area contributed by atoms with Crippen molar-refractivity contribution in [3.05, 3.63) is 61.9 Å². The normalized spacial score (nSPS) is 10.1. The van der Waals surface area contributed by atoms with Gasteiger partial charge in [-0.15, -0.1) is 0 Å². The average molecular weight is 306 g/mol. The minimum atomic E-state index is -0.605. The lowest BCUT2D eigenvalue weighted by molar-refractivity contribution is 0.295. The highest BCUT2D eigenvalue weighted by Crippen LogP contribution is 2.12. The molecule has 0 spiro atoms. The molecule has 0 aliphatic carbocycles. The number of hydrogen-bond acceptors (Lipinski definition) is 4. The van der Waals surface area contributed by atoms with Crippen LogP contribution in [-0.2, 0) is 13.0 Å². The number of H-pyrrole nitrogens is 1. The molecule has 0 saturated carbocycles. The fourth-order valence-corrected chi connectivity index (χ4v) is 1.87. The first kappa shape index (κ1) is 14.9. The number of hydrogen-bond donors (Lipinski definition) is 1. The van der Waals surface area contributed by atoms with Gasteiger partial charge in [-0.05, 0) is 17.7 Å². The number of nitriles is 1. The van der Waals surface area contributed by atoms with Gasteiger partial charge >= 0.3 is 5.69 Å². The van der Waals surface area contributed by atoms with E-state index in [2.05, 4.69) is 11.1 Å². The van der Waals surface area contributed by atoms with Crippen LogP contribution >= 0.6 is 11.6 Å². The Balaban J connectivity index is 1.95. The summed E-state index contributed by atoms with van der Waals surface area (Å²) in [5.41, 5.74) is -0.224. The first-order valence-corrected chi connectivity index (χ1v) is 6.56. The van der Waals surface area contributed by atoms with Crippen molar-refractivity contribution in [3.63, 3.8) is 0 Å². The van der Waals surface area contributed by atoms with Gasteiger partial charge in [-0.1, -0.05) is 23.7 Å². The third-order valence-electron chi connectivity index (χ3n) is 2.77. The van der Waals surface area contributed by atoms with Crippen molar-refractivity contribution in [3.8, 4) is 11.8 Å². The maximum Gasteiger partial charge on any atom is 0.328 e. The molecule has 0 saturated heterocycles. The van der Waals surface area contributed by atoms with E-state index in [1.54, 1.807) is 12.1 Å². The van der Waals surface area contributed by atoms with Crippen LogP contribution in [0.4, 0.5) is 0 Å². The van der Waals surface area contributed by atoms with Crippen molar-refractivity contribution in [1.29, 1.82) is 5.26 Å². The summed E-state index contributed by atoms with van der Waals surface area (Å²) >= 11 is 5.66. The smallest absolute Gasteiger partial charge is 0.328 e. The van der Waals surface area contributed by atoms with Gasteiger partial charge in [0.1, 0.15) is 17.4 Å². The third-order valence-corrected chi connectivity index (χ3v) is 3.04. The highest BCUT2D eigenvalue weighted by Gasteiger charge is 2.02. The zero-order chi connectivity index (χ0) is 15.2. The summed E-state index contributed by atoms with van der Waals surface area (Å²) in [6.45, 7) is 0.509. The lowest BCUT2D eigenvalue weighted by atomic mass is 10.2. The number of nitrogens with one attached hydrogen (secondary N) is 1. The molecule has 1 heterocycles. The van der Waals surface area contributed by atoms with Crippen LogP contribution in [0.25, 0.3) is 0 Å². The number of benzene rings is 1. The molecule has 0 radical (unpaired) electrons. The molecule has 0 bridgehead atoms. The van der Waals surface area contributed by atoms with E-state index in [1.807, 2.05) is 12.1 Å². The zero-order valence-corrected chi connectivity index (χ0v) is 11.8. The van der Waals surface area contributed by atoms with Gasteiger partial charge in [0, 0.05) is 6.20 Å². The second-order valence-electron chi connectivity index (χ2n) is 4.26. The van der Waals surface area contributed by atoms with Crippen LogP contribution in [0.3, 0.4) is 0 Å². The lowest BCUT2D eigenvalue weighted by Gasteiger charge is -2.08. The molecule has 0 unspecified atom stereocenters. The number of halogens is 1. The fourth-order valence-electron chi connectivity index (χ4n) is 1.71. The molecule has 1 N–H and O–H groups in total. The minimum absolute atomic E-state index is 0.0459. The van der Waals surface area contributed by atoms with Crippen molar-refractivity contribution in [2.45, 2.75) is 13.0 Å². The molecule has 2 aromatic rings. The Morgan fingerprint density at radius 2 is 2.00 bits per heavy atom. The second kappa shape index (κ2) is 6.77. The van der Waals surface area contributed by atoms with Gasteiger partial charge < -0.3 is 4.74 Å². The summed E-state index contributed by atoms with van der Waals surface area (Å²) in [5, 5.41) is 8.53. The molecule has 0 aliphatic rings. The molecule has 1 aromatic carbocycles. The van der Waals surface area contributed by atoms with Gasteiger partial charge in [0.25, 0.3) is 5.56 Å². The van der Waals surface area contributed by atoms with Crippen LogP contribution in [0, 0.1) is 11.3 Å². The van der Waals surface area contributed by atoms with E-state index in [9.17, 15) is 9.59 Å². The molecule has 108 valence electrons. The number of nitrogens with zero attached hydrogens (tertiary/aromatic N) is 2. The maximum absolute atomic E-state index is 11.5. The minimum Gasteiger partial charge on any atom is -0.492 e. The molecule has 0 amide bonds. The molecule has 6 nitrogen and oxygen atoms in total. The van der Waals surface area contributed by atoms with E-state index >= 15 is 0 Å². The second-order valence-corrected chi connectivity index (χ2v) is 4.66. The van der Waals surface area contributed by atoms with Crippen molar-refractivity contribution in [1.82, 2.24) is 9.55 Å². The third kappa shape index (κ3) is 3.97. The van der Waals surface area contributed by atoms with E-state index in [-0.39, 0.29) is 18.2 Å². The van der Waals surface area contributed by atoms with Crippen molar-refractivity contribution < 1.29 is 4.74 Å². The standard InChI is InChI=1S/C14H12ClN3O3/c15-12-9-18(14(20)17-13(12)19)7-8-21-11-3-1-10(2-4-11)5-6-16/h1-4,9H,5,7-8H2,(H,17,19,20). The summed E-state index contributed by atoms with van der Waals surface area (Å²) < 4.78 is 6.76. The quantitative estimate of drug-likeness (QED) is 0.902. The van der Waals surface area contributed by atoms with Crippen LogP contribution in [0.2, 0.25) is 5.02 Å². The fraction of sp³-hybridized carbons (Fsp3) is 0.214. The van der Waals surface area contributed by atoms with E-state index in [4.69, 9.17) is 21.6 Å². The molecule has 2 rings (SSSR count). The predicted molar refractivity (Wildman–Crippen MR) is 77.6 cm³/mol. The van der Waals surface area contributed by atoms with Crippen molar-refractivity contribution in [2.75, 3.05) is 6.61 Å². The van der Waals surface area contributed by atoms with Crippen molar-refractivity contribution in [2.24, 2.45) is 0 Å². The SMILES string of the molecule is N#CCc1ccc(OCCn2cc(Cl)c(=O)[nH]c2=O)cc1. The Morgan fingerprint density at radius 3 is 2.67 bits per heavy atom. The summed E-state index contributed by atoms with van der Waals surface area (Å²) in [6.07, 6.45) is 1.63. The summed E-state index contributed by atoms with van der Waals surface area (Å²) in [5.74, 6) is 0.639. The molecule has 0 atom stereocenters. The van der Waals surface area contributed by atoms with Crippen LogP contribution < -0.4 is 16.0 Å². The largest absolute Gasteiger partial charge is 0.492 e. The highest BCUT2D eigenvalue weighted by molar-refractivity contribution is 6.30. The van der Waals surface area contributed by atoms with E-state index in [0.29, 0.717) is 12.2 Å². The lowest BCUT2D eigenvalue weighted by Crippen LogP contribution is -2.31. The van der Waals surface area contributed by atoms with Crippen LogP contribution in [-0.4, -0.2) is 16.2 Å². The number of ether oxygens (including phenoxy) is 1. The molecule has 0 aliphatic heterocycles. The van der Waals surface area contributed by atoms with Crippen LogP contribution in [0.5, 0.6) is 5.75 Å².